The van der Waals surface area contributed by atoms with Crippen LogP contribution >= 0.6 is 11.6 Å². The lowest BCUT2D eigenvalue weighted by Crippen LogP contribution is -2.52. The van der Waals surface area contributed by atoms with E-state index in [9.17, 15) is 14.4 Å². The van der Waals surface area contributed by atoms with Gasteiger partial charge in [0.1, 0.15) is 6.04 Å². The minimum atomic E-state index is -1.02. The fraction of sp³-hybridized carbons (Fsp3) is 0.438. The zero-order valence-electron chi connectivity index (χ0n) is 13.4. The predicted molar refractivity (Wildman–Crippen MR) is 90.2 cm³/mol. The molecule has 0 aliphatic carbocycles. The largest absolute Gasteiger partial charge is 0.368 e. The van der Waals surface area contributed by atoms with Gasteiger partial charge in [0.15, 0.2) is 0 Å². The van der Waals surface area contributed by atoms with Crippen molar-refractivity contribution >= 4 is 29.3 Å². The third kappa shape index (κ3) is 4.46. The number of hydrogen-bond donors (Lipinski definition) is 3. The molecular formula is C16H21ClN4O3. The number of nitrogens with zero attached hydrogens (tertiary/aromatic N) is 1. The average molecular weight is 353 g/mol. The molecule has 1 heterocycles. The van der Waals surface area contributed by atoms with Gasteiger partial charge < -0.3 is 21.3 Å². The summed E-state index contributed by atoms with van der Waals surface area (Å²) in [4.78, 5) is 37.0. The number of halogens is 1. The van der Waals surface area contributed by atoms with Gasteiger partial charge in [0.2, 0.25) is 17.7 Å². The molecule has 130 valence electrons. The molecular weight excluding hydrogens is 332 g/mol. The minimum absolute atomic E-state index is 0.171. The van der Waals surface area contributed by atoms with Gasteiger partial charge in [0, 0.05) is 31.6 Å². The van der Waals surface area contributed by atoms with Gasteiger partial charge in [0.25, 0.3) is 0 Å². The Labute approximate surface area is 145 Å². The van der Waals surface area contributed by atoms with E-state index in [2.05, 4.69) is 10.6 Å². The highest BCUT2D eigenvalue weighted by molar-refractivity contribution is 6.31. The first-order valence-electron chi connectivity index (χ1n) is 7.71. The van der Waals surface area contributed by atoms with Gasteiger partial charge in [-0.05, 0) is 11.6 Å². The first-order chi connectivity index (χ1) is 11.4. The molecule has 1 saturated heterocycles. The van der Waals surface area contributed by atoms with Gasteiger partial charge in [0.05, 0.1) is 12.5 Å². The average Bonchev–Trinajstić information content (AvgIpc) is 2.54. The highest BCUT2D eigenvalue weighted by Crippen LogP contribution is 2.29. The van der Waals surface area contributed by atoms with Crippen LogP contribution < -0.4 is 16.4 Å². The molecule has 0 spiro atoms. The number of nitrogens with one attached hydrogen (secondary N) is 2. The number of hydrogen-bond acceptors (Lipinski definition) is 4. The maximum absolute atomic E-state index is 12.7. The van der Waals surface area contributed by atoms with Crippen LogP contribution in [0.1, 0.15) is 24.9 Å². The third-order valence-electron chi connectivity index (χ3n) is 3.93. The van der Waals surface area contributed by atoms with Gasteiger partial charge >= 0.3 is 0 Å². The summed E-state index contributed by atoms with van der Waals surface area (Å²) in [5.74, 6) is -1.39. The Kier molecular flexibility index (Phi) is 6.16. The molecule has 1 fully saturated rings. The van der Waals surface area contributed by atoms with Crippen molar-refractivity contribution in [3.05, 3.63) is 34.9 Å². The van der Waals surface area contributed by atoms with Gasteiger partial charge in [-0.2, -0.15) is 0 Å². The lowest BCUT2D eigenvalue weighted by atomic mass is 10.0. The molecule has 7 nitrogen and oxygen atoms in total. The van der Waals surface area contributed by atoms with E-state index in [-0.39, 0.29) is 18.4 Å². The van der Waals surface area contributed by atoms with Crippen molar-refractivity contribution in [3.63, 3.8) is 0 Å². The van der Waals surface area contributed by atoms with Crippen molar-refractivity contribution in [3.8, 4) is 0 Å². The molecule has 1 aromatic rings. The molecule has 8 heteroatoms. The molecule has 0 saturated carbocycles. The van der Waals surface area contributed by atoms with E-state index >= 15 is 0 Å². The molecule has 2 atom stereocenters. The lowest BCUT2D eigenvalue weighted by molar-refractivity contribution is -0.137. The van der Waals surface area contributed by atoms with Crippen molar-refractivity contribution < 1.29 is 14.4 Å². The molecule has 1 unspecified atom stereocenters. The Hall–Kier alpha value is -2.12. The molecule has 1 aromatic carbocycles. The second-order valence-electron chi connectivity index (χ2n) is 5.69. The van der Waals surface area contributed by atoms with Crippen molar-refractivity contribution in [2.75, 3.05) is 19.6 Å². The summed E-state index contributed by atoms with van der Waals surface area (Å²) in [5.41, 5.74) is 6.12. The summed E-state index contributed by atoms with van der Waals surface area (Å²) < 4.78 is 0. The van der Waals surface area contributed by atoms with Gasteiger partial charge in [-0.1, -0.05) is 29.8 Å². The predicted octanol–water partition coefficient (Wildman–Crippen LogP) is 0.193. The molecule has 24 heavy (non-hydrogen) atoms. The number of nitrogens with two attached hydrogens (primary N) is 1. The van der Waals surface area contributed by atoms with Crippen LogP contribution in [0.4, 0.5) is 0 Å². The van der Waals surface area contributed by atoms with Crippen LogP contribution in [0.3, 0.4) is 0 Å². The highest BCUT2D eigenvalue weighted by Gasteiger charge is 2.31. The van der Waals surface area contributed by atoms with E-state index in [1.54, 1.807) is 11.0 Å². The van der Waals surface area contributed by atoms with Gasteiger partial charge in [-0.25, -0.2) is 0 Å². The zero-order valence-corrected chi connectivity index (χ0v) is 14.2. The van der Waals surface area contributed by atoms with Crippen LogP contribution in [-0.4, -0.2) is 48.3 Å². The fourth-order valence-electron chi connectivity index (χ4n) is 2.79. The Bertz CT molecular complexity index is 638. The number of carbonyl (C=O) groups excluding carboxylic acids is 3. The van der Waals surface area contributed by atoms with Crippen molar-refractivity contribution in [1.29, 1.82) is 0 Å². The summed E-state index contributed by atoms with van der Waals surface area (Å²) in [6, 6.07) is 6.09. The summed E-state index contributed by atoms with van der Waals surface area (Å²) >= 11 is 6.26. The molecule has 1 aliphatic heterocycles. The number of rotatable bonds is 5. The second-order valence-corrected chi connectivity index (χ2v) is 6.10. The SMILES string of the molecule is CC(=O)N[C@@H](CC(=O)N1CCNCC1c1ccccc1Cl)C(N)=O. The van der Waals surface area contributed by atoms with Crippen LogP contribution in [0, 0.1) is 0 Å². The standard InChI is InChI=1S/C16H21ClN4O3/c1-10(22)20-13(16(18)24)8-15(23)21-7-6-19-9-14(21)11-4-2-3-5-12(11)17/h2-5,13-14,19H,6-9H2,1H3,(H2,18,24)(H,20,22)/t13-,14?/m0/s1. The Morgan fingerprint density at radius 2 is 2.12 bits per heavy atom. The molecule has 3 amide bonds. The van der Waals surface area contributed by atoms with E-state index in [1.807, 2.05) is 18.2 Å². The lowest BCUT2D eigenvalue weighted by Gasteiger charge is -2.37. The highest BCUT2D eigenvalue weighted by atomic mass is 35.5. The van der Waals surface area contributed by atoms with Crippen LogP contribution in [0.5, 0.6) is 0 Å². The van der Waals surface area contributed by atoms with E-state index in [4.69, 9.17) is 17.3 Å². The quantitative estimate of drug-likeness (QED) is 0.703. The van der Waals surface area contributed by atoms with E-state index in [1.165, 1.54) is 6.92 Å². The summed E-state index contributed by atoms with van der Waals surface area (Å²) in [7, 11) is 0. The van der Waals surface area contributed by atoms with Crippen LogP contribution in [-0.2, 0) is 14.4 Å². The number of amides is 3. The Balaban J connectivity index is 2.17. The second kappa shape index (κ2) is 8.12. The summed E-state index contributed by atoms with van der Waals surface area (Å²) in [5, 5.41) is 6.23. The first-order valence-corrected chi connectivity index (χ1v) is 8.09. The van der Waals surface area contributed by atoms with Crippen molar-refractivity contribution in [1.82, 2.24) is 15.5 Å². The van der Waals surface area contributed by atoms with E-state index in [0.717, 1.165) is 5.56 Å². The molecule has 0 radical (unpaired) electrons. The molecule has 4 N–H and O–H groups in total. The monoisotopic (exact) mass is 352 g/mol. The van der Waals surface area contributed by atoms with Crippen LogP contribution in [0.25, 0.3) is 0 Å². The van der Waals surface area contributed by atoms with Crippen LogP contribution in [0.2, 0.25) is 5.02 Å². The van der Waals surface area contributed by atoms with Crippen molar-refractivity contribution in [2.45, 2.75) is 25.4 Å². The van der Waals surface area contributed by atoms with Crippen molar-refractivity contribution in [2.24, 2.45) is 5.73 Å². The smallest absolute Gasteiger partial charge is 0.240 e. The Morgan fingerprint density at radius 1 is 1.42 bits per heavy atom. The molecule has 0 aromatic heterocycles. The maximum atomic E-state index is 12.7. The third-order valence-corrected chi connectivity index (χ3v) is 4.27. The summed E-state index contributed by atoms with van der Waals surface area (Å²) in [6.45, 7) is 2.98. The van der Waals surface area contributed by atoms with Gasteiger partial charge in [-0.3, -0.25) is 14.4 Å². The van der Waals surface area contributed by atoms with Crippen LogP contribution in [0.15, 0.2) is 24.3 Å². The van der Waals surface area contributed by atoms with E-state index < -0.39 is 17.9 Å². The zero-order chi connectivity index (χ0) is 17.7. The van der Waals surface area contributed by atoms with E-state index in [0.29, 0.717) is 24.7 Å². The Morgan fingerprint density at radius 3 is 2.75 bits per heavy atom. The number of benzene rings is 1. The first kappa shape index (κ1) is 18.2. The van der Waals surface area contributed by atoms with Gasteiger partial charge in [-0.15, -0.1) is 0 Å². The molecule has 2 rings (SSSR count). The normalized spacial score (nSPS) is 18.8. The molecule has 1 aliphatic rings. The minimum Gasteiger partial charge on any atom is -0.368 e. The summed E-state index contributed by atoms with van der Waals surface area (Å²) in [6.07, 6.45) is -0.171. The number of piperazine rings is 1. The number of carbonyl (C=O) groups is 3. The maximum Gasteiger partial charge on any atom is 0.240 e. The fourth-order valence-corrected chi connectivity index (χ4v) is 3.05. The molecule has 0 bridgehead atoms. The topological polar surface area (TPSA) is 105 Å². The number of primary amides is 1.